The fourth-order valence-corrected chi connectivity index (χ4v) is 4.59. The maximum atomic E-state index is 6.33. The monoisotopic (exact) mass is 504 g/mol. The molecule has 7 heteroatoms. The van der Waals surface area contributed by atoms with Crippen LogP contribution in [-0.2, 0) is 4.74 Å². The number of benzene rings is 3. The van der Waals surface area contributed by atoms with E-state index in [1.807, 2.05) is 0 Å². The van der Waals surface area contributed by atoms with Crippen LogP contribution in [0.4, 0.5) is 0 Å². The van der Waals surface area contributed by atoms with Crippen molar-refractivity contribution < 1.29 is 14.2 Å². The Hall–Kier alpha value is -2.02. The van der Waals surface area contributed by atoms with E-state index in [1.165, 1.54) is 23.6 Å². The molecule has 5 nitrogen and oxygen atoms in total. The maximum Gasteiger partial charge on any atom is 0.127 e. The van der Waals surface area contributed by atoms with Gasteiger partial charge in [0.1, 0.15) is 24.7 Å². The first kappa shape index (κ1) is 26.6. The van der Waals surface area contributed by atoms with Crippen molar-refractivity contribution in [1.82, 2.24) is 10.2 Å². The van der Waals surface area contributed by atoms with Crippen molar-refractivity contribution in [3.8, 4) is 22.6 Å². The van der Waals surface area contributed by atoms with Crippen molar-refractivity contribution in [1.29, 1.82) is 0 Å². The average molecular weight is 505 g/mol. The van der Waals surface area contributed by atoms with Crippen LogP contribution in [0.2, 0.25) is 0 Å². The summed E-state index contributed by atoms with van der Waals surface area (Å²) in [4.78, 5) is 2.40. The van der Waals surface area contributed by atoms with E-state index in [2.05, 4.69) is 70.9 Å². The molecule has 2 heterocycles. The molecule has 184 valence electrons. The second kappa shape index (κ2) is 13.2. The first-order valence-electron chi connectivity index (χ1n) is 11.8. The third kappa shape index (κ3) is 6.55. The molecule has 2 fully saturated rings. The fourth-order valence-electron chi connectivity index (χ4n) is 4.59. The molecule has 0 amide bonds. The highest BCUT2D eigenvalue weighted by Gasteiger charge is 2.16. The SMILES string of the molecule is Cl.Cl.c1ccc2c(-c3ccc(OCC4CCCN4)cc3)c(OCCN3CCOCC3)ccc2c1. The van der Waals surface area contributed by atoms with Crippen molar-refractivity contribution in [3.05, 3.63) is 60.7 Å². The van der Waals surface area contributed by atoms with Crippen molar-refractivity contribution in [3.63, 3.8) is 0 Å². The van der Waals surface area contributed by atoms with Gasteiger partial charge >= 0.3 is 0 Å². The summed E-state index contributed by atoms with van der Waals surface area (Å²) in [5.74, 6) is 1.85. The summed E-state index contributed by atoms with van der Waals surface area (Å²) in [7, 11) is 0. The van der Waals surface area contributed by atoms with Crippen LogP contribution < -0.4 is 14.8 Å². The van der Waals surface area contributed by atoms with Crippen molar-refractivity contribution in [2.24, 2.45) is 0 Å². The maximum absolute atomic E-state index is 6.33. The molecule has 2 saturated heterocycles. The number of morpholine rings is 1. The second-order valence-corrected chi connectivity index (χ2v) is 8.59. The molecule has 0 spiro atoms. The Morgan fingerprint density at radius 1 is 0.912 bits per heavy atom. The molecule has 3 aromatic carbocycles. The van der Waals surface area contributed by atoms with Crippen LogP contribution in [0.1, 0.15) is 12.8 Å². The normalized spacial score (nSPS) is 18.2. The highest BCUT2D eigenvalue weighted by molar-refractivity contribution is 5.99. The zero-order valence-electron chi connectivity index (χ0n) is 19.4. The van der Waals surface area contributed by atoms with Crippen LogP contribution in [0.3, 0.4) is 0 Å². The number of fused-ring (bicyclic) bond motifs is 1. The van der Waals surface area contributed by atoms with E-state index in [9.17, 15) is 0 Å². The van der Waals surface area contributed by atoms with Gasteiger partial charge in [-0.15, -0.1) is 24.8 Å². The van der Waals surface area contributed by atoms with Crippen molar-refractivity contribution in [2.75, 3.05) is 52.6 Å². The smallest absolute Gasteiger partial charge is 0.127 e. The predicted molar refractivity (Wildman–Crippen MR) is 143 cm³/mol. The summed E-state index contributed by atoms with van der Waals surface area (Å²) < 4.78 is 17.8. The van der Waals surface area contributed by atoms with Crippen LogP contribution in [0, 0.1) is 0 Å². The topological polar surface area (TPSA) is 43.0 Å². The largest absolute Gasteiger partial charge is 0.492 e. The Labute approximate surface area is 214 Å². The molecule has 3 aromatic rings. The predicted octanol–water partition coefficient (Wildman–Crippen LogP) is 5.19. The third-order valence-electron chi connectivity index (χ3n) is 6.42. The van der Waals surface area contributed by atoms with Gasteiger partial charge in [-0.1, -0.05) is 42.5 Å². The minimum absolute atomic E-state index is 0. The van der Waals surface area contributed by atoms with Crippen LogP contribution in [0.25, 0.3) is 21.9 Å². The minimum atomic E-state index is 0. The van der Waals surface area contributed by atoms with Crippen LogP contribution in [-0.4, -0.2) is 63.5 Å². The minimum Gasteiger partial charge on any atom is -0.492 e. The molecular weight excluding hydrogens is 471 g/mol. The molecule has 0 aliphatic carbocycles. The number of ether oxygens (including phenoxy) is 3. The van der Waals surface area contributed by atoms with E-state index in [-0.39, 0.29) is 24.8 Å². The van der Waals surface area contributed by atoms with Gasteiger partial charge < -0.3 is 19.5 Å². The highest BCUT2D eigenvalue weighted by Crippen LogP contribution is 2.37. The molecule has 1 N–H and O–H groups in total. The summed E-state index contributed by atoms with van der Waals surface area (Å²) in [6.45, 7) is 6.99. The van der Waals surface area contributed by atoms with E-state index in [0.29, 0.717) is 12.6 Å². The lowest BCUT2D eigenvalue weighted by Gasteiger charge is -2.26. The summed E-state index contributed by atoms with van der Waals surface area (Å²) in [5, 5.41) is 5.91. The van der Waals surface area contributed by atoms with Gasteiger partial charge in [-0.2, -0.15) is 0 Å². The summed E-state index contributed by atoms with van der Waals surface area (Å²) in [6, 6.07) is 21.7. The Morgan fingerprint density at radius 3 is 2.47 bits per heavy atom. The number of halogens is 2. The molecule has 2 aliphatic rings. The Bertz CT molecular complexity index is 1020. The Balaban J connectivity index is 0.00000162. The van der Waals surface area contributed by atoms with E-state index in [0.717, 1.165) is 68.6 Å². The first-order chi connectivity index (χ1) is 15.9. The zero-order valence-corrected chi connectivity index (χ0v) is 21.0. The van der Waals surface area contributed by atoms with Gasteiger partial charge in [0.15, 0.2) is 0 Å². The molecule has 1 atom stereocenters. The van der Waals surface area contributed by atoms with E-state index in [4.69, 9.17) is 14.2 Å². The molecule has 0 radical (unpaired) electrons. The Kier molecular flexibility index (Phi) is 10.3. The van der Waals surface area contributed by atoms with E-state index in [1.54, 1.807) is 0 Å². The van der Waals surface area contributed by atoms with Gasteiger partial charge in [0.25, 0.3) is 0 Å². The standard InChI is InChI=1S/C27H32N2O3.2ClH/c1-2-6-25-21(4-1)9-12-26(31-19-16-29-14-17-30-18-15-29)27(25)22-7-10-24(11-8-22)32-20-23-5-3-13-28-23;;/h1-2,4,6-12,23,28H,3,5,13-20H2;2*1H. The number of nitrogens with zero attached hydrogens (tertiary/aromatic N) is 1. The van der Waals surface area contributed by atoms with Crippen LogP contribution in [0.15, 0.2) is 60.7 Å². The number of hydrogen-bond acceptors (Lipinski definition) is 5. The average Bonchev–Trinajstić information content (AvgIpc) is 3.37. The quantitative estimate of drug-likeness (QED) is 0.457. The molecule has 2 aliphatic heterocycles. The molecule has 5 rings (SSSR count). The fraction of sp³-hybridized carbons (Fsp3) is 0.407. The van der Waals surface area contributed by atoms with Gasteiger partial charge in [-0.25, -0.2) is 0 Å². The summed E-state index contributed by atoms with van der Waals surface area (Å²) >= 11 is 0. The van der Waals surface area contributed by atoms with Gasteiger partial charge in [0, 0.05) is 31.2 Å². The first-order valence-corrected chi connectivity index (χ1v) is 11.8. The lowest BCUT2D eigenvalue weighted by molar-refractivity contribution is 0.0323. The number of nitrogens with one attached hydrogen (secondary N) is 1. The van der Waals surface area contributed by atoms with E-state index < -0.39 is 0 Å². The highest BCUT2D eigenvalue weighted by atomic mass is 35.5. The lowest BCUT2D eigenvalue weighted by atomic mass is 9.97. The van der Waals surface area contributed by atoms with Crippen LogP contribution in [0.5, 0.6) is 11.5 Å². The van der Waals surface area contributed by atoms with Crippen molar-refractivity contribution >= 4 is 35.6 Å². The number of hydrogen-bond donors (Lipinski definition) is 1. The van der Waals surface area contributed by atoms with Gasteiger partial charge in [0.2, 0.25) is 0 Å². The number of rotatable bonds is 8. The second-order valence-electron chi connectivity index (χ2n) is 8.59. The Morgan fingerprint density at radius 2 is 1.71 bits per heavy atom. The van der Waals surface area contributed by atoms with Crippen molar-refractivity contribution in [2.45, 2.75) is 18.9 Å². The van der Waals surface area contributed by atoms with Gasteiger partial charge in [-0.05, 0) is 53.9 Å². The molecular formula is C27H34Cl2N2O3. The summed E-state index contributed by atoms with van der Waals surface area (Å²) in [6.07, 6.45) is 2.43. The molecule has 0 bridgehead atoms. The molecule has 1 unspecified atom stereocenters. The molecule has 0 aromatic heterocycles. The van der Waals surface area contributed by atoms with Gasteiger partial charge in [0.05, 0.1) is 13.2 Å². The third-order valence-corrected chi connectivity index (χ3v) is 6.42. The lowest BCUT2D eigenvalue weighted by Crippen LogP contribution is -2.38. The summed E-state index contributed by atoms with van der Waals surface area (Å²) in [5.41, 5.74) is 2.30. The van der Waals surface area contributed by atoms with Gasteiger partial charge in [-0.3, -0.25) is 4.90 Å². The van der Waals surface area contributed by atoms with Crippen LogP contribution >= 0.6 is 24.8 Å². The van der Waals surface area contributed by atoms with E-state index >= 15 is 0 Å². The molecule has 0 saturated carbocycles. The molecule has 34 heavy (non-hydrogen) atoms. The zero-order chi connectivity index (χ0) is 21.6.